The minimum atomic E-state index is -0.0645. The number of hydrogen-bond acceptors (Lipinski definition) is 4. The van der Waals surface area contributed by atoms with Gasteiger partial charge in [0.1, 0.15) is 5.69 Å². The first-order chi connectivity index (χ1) is 17.6. The van der Waals surface area contributed by atoms with Gasteiger partial charge in [-0.1, -0.05) is 43.7 Å². The molecule has 1 aliphatic carbocycles. The maximum atomic E-state index is 13.7. The standard InChI is InChI=1S/C30H33N5O/c1-20-11-12-24(16-20)29-21(2)19-35-28(32-29)18-25(33-35)27-10-6-7-15-34(27)30(36)26-17-23(13-14-31-26)22-8-4-3-5-9-22/h3-5,8-9,13-14,17-20,24,27H,6-7,10-12,15-16H2,1-2H3/t20-,24?,27-/m0/s1. The number of benzene rings is 1. The zero-order chi connectivity index (χ0) is 24.6. The number of nitrogens with zero attached hydrogens (tertiary/aromatic N) is 5. The summed E-state index contributed by atoms with van der Waals surface area (Å²) in [5.41, 5.74) is 6.80. The van der Waals surface area contributed by atoms with E-state index in [9.17, 15) is 4.79 Å². The van der Waals surface area contributed by atoms with E-state index in [1.165, 1.54) is 30.5 Å². The molecule has 3 aromatic heterocycles. The molecule has 1 unspecified atom stereocenters. The molecule has 1 saturated heterocycles. The van der Waals surface area contributed by atoms with Crippen molar-refractivity contribution < 1.29 is 4.79 Å². The molecule has 184 valence electrons. The van der Waals surface area contributed by atoms with Crippen molar-refractivity contribution in [2.24, 2.45) is 5.92 Å². The van der Waals surface area contributed by atoms with Gasteiger partial charge >= 0.3 is 0 Å². The summed E-state index contributed by atoms with van der Waals surface area (Å²) >= 11 is 0. The molecule has 0 spiro atoms. The summed E-state index contributed by atoms with van der Waals surface area (Å²) in [4.78, 5) is 25.2. The highest BCUT2D eigenvalue weighted by molar-refractivity contribution is 5.94. The number of amides is 1. The van der Waals surface area contributed by atoms with E-state index >= 15 is 0 Å². The predicted octanol–water partition coefficient (Wildman–Crippen LogP) is 6.37. The normalized spacial score (nSPS) is 22.3. The van der Waals surface area contributed by atoms with Gasteiger partial charge in [0.15, 0.2) is 5.65 Å². The van der Waals surface area contributed by atoms with Crippen LogP contribution in [0.15, 0.2) is 60.9 Å². The first kappa shape index (κ1) is 22.9. The highest BCUT2D eigenvalue weighted by Crippen LogP contribution is 2.39. The molecule has 2 aliphatic rings. The van der Waals surface area contributed by atoms with Crippen molar-refractivity contribution in [1.29, 1.82) is 0 Å². The number of hydrogen-bond donors (Lipinski definition) is 0. The van der Waals surface area contributed by atoms with Crippen molar-refractivity contribution in [2.75, 3.05) is 6.54 Å². The van der Waals surface area contributed by atoms with Crippen molar-refractivity contribution >= 4 is 11.6 Å². The molecule has 0 N–H and O–H groups in total. The SMILES string of the molecule is Cc1cn2nc([C@@H]3CCCCN3C(=O)c3cc(-c4ccccc4)ccn3)cc2nc1C1CC[C@H](C)C1. The zero-order valence-electron chi connectivity index (χ0n) is 21.1. The Bertz CT molecular complexity index is 1400. The van der Waals surface area contributed by atoms with E-state index in [0.717, 1.165) is 47.6 Å². The zero-order valence-corrected chi connectivity index (χ0v) is 21.1. The van der Waals surface area contributed by atoms with Gasteiger partial charge in [0, 0.05) is 30.9 Å². The van der Waals surface area contributed by atoms with Gasteiger partial charge in [0.05, 0.1) is 17.4 Å². The van der Waals surface area contributed by atoms with Crippen LogP contribution >= 0.6 is 0 Å². The van der Waals surface area contributed by atoms with Gasteiger partial charge < -0.3 is 4.90 Å². The van der Waals surface area contributed by atoms with Crippen molar-refractivity contribution in [3.63, 3.8) is 0 Å². The lowest BCUT2D eigenvalue weighted by molar-refractivity contribution is 0.0599. The topological polar surface area (TPSA) is 63.4 Å². The molecule has 4 heterocycles. The highest BCUT2D eigenvalue weighted by Gasteiger charge is 2.32. The summed E-state index contributed by atoms with van der Waals surface area (Å²) in [5.74, 6) is 1.28. The molecular formula is C30H33N5O. The summed E-state index contributed by atoms with van der Waals surface area (Å²) in [5, 5.41) is 4.91. The van der Waals surface area contributed by atoms with Crippen LogP contribution in [0.1, 0.15) is 84.8 Å². The lowest BCUT2D eigenvalue weighted by Crippen LogP contribution is -2.39. The van der Waals surface area contributed by atoms with Crippen molar-refractivity contribution in [3.05, 3.63) is 83.6 Å². The molecule has 6 heteroatoms. The molecule has 36 heavy (non-hydrogen) atoms. The Labute approximate surface area is 212 Å². The number of carbonyl (C=O) groups is 1. The largest absolute Gasteiger partial charge is 0.329 e. The molecule has 1 aliphatic heterocycles. The number of likely N-dealkylation sites (tertiary alicyclic amines) is 1. The molecule has 0 radical (unpaired) electrons. The van der Waals surface area contributed by atoms with Gasteiger partial charge in [-0.2, -0.15) is 5.10 Å². The molecule has 4 aromatic rings. The Hall–Kier alpha value is -3.54. The maximum absolute atomic E-state index is 13.7. The second kappa shape index (κ2) is 9.49. The lowest BCUT2D eigenvalue weighted by atomic mass is 9.98. The Morgan fingerprint density at radius 1 is 1.00 bits per heavy atom. The van der Waals surface area contributed by atoms with Crippen molar-refractivity contribution in [1.82, 2.24) is 24.5 Å². The number of aryl methyl sites for hydroxylation is 1. The summed E-state index contributed by atoms with van der Waals surface area (Å²) in [6.07, 6.45) is 10.5. The van der Waals surface area contributed by atoms with Crippen molar-refractivity contribution in [2.45, 2.75) is 64.3 Å². The van der Waals surface area contributed by atoms with Gasteiger partial charge in [-0.3, -0.25) is 9.78 Å². The Balaban J connectivity index is 1.30. The first-order valence-corrected chi connectivity index (χ1v) is 13.3. The van der Waals surface area contributed by atoms with Crippen LogP contribution in [0.25, 0.3) is 16.8 Å². The molecular weight excluding hydrogens is 446 g/mol. The molecule has 2 fully saturated rings. The first-order valence-electron chi connectivity index (χ1n) is 13.3. The van der Waals surface area contributed by atoms with E-state index in [2.05, 4.69) is 43.2 Å². The number of rotatable bonds is 4. The third-order valence-electron chi connectivity index (χ3n) is 7.96. The van der Waals surface area contributed by atoms with E-state index < -0.39 is 0 Å². The maximum Gasteiger partial charge on any atom is 0.273 e. The predicted molar refractivity (Wildman–Crippen MR) is 141 cm³/mol. The van der Waals surface area contributed by atoms with Gasteiger partial charge in [-0.15, -0.1) is 0 Å². The molecule has 0 bridgehead atoms. The highest BCUT2D eigenvalue weighted by atomic mass is 16.2. The molecule has 1 amide bonds. The Kier molecular flexibility index (Phi) is 6.04. The van der Waals surface area contributed by atoms with Crippen LogP contribution < -0.4 is 0 Å². The monoisotopic (exact) mass is 479 g/mol. The molecule has 6 nitrogen and oxygen atoms in total. The fourth-order valence-electron chi connectivity index (χ4n) is 6.06. The van der Waals surface area contributed by atoms with Crippen LogP contribution in [0.2, 0.25) is 0 Å². The van der Waals surface area contributed by atoms with Crippen LogP contribution in [0.3, 0.4) is 0 Å². The molecule has 1 aromatic carbocycles. The molecule has 1 saturated carbocycles. The van der Waals surface area contributed by atoms with E-state index in [0.29, 0.717) is 18.2 Å². The fourth-order valence-corrected chi connectivity index (χ4v) is 6.06. The average molecular weight is 480 g/mol. The molecule has 6 rings (SSSR count). The van der Waals surface area contributed by atoms with Crippen LogP contribution in [-0.2, 0) is 0 Å². The van der Waals surface area contributed by atoms with E-state index in [1.54, 1.807) is 6.20 Å². The lowest BCUT2D eigenvalue weighted by Gasteiger charge is -2.34. The van der Waals surface area contributed by atoms with Crippen LogP contribution in [-0.4, -0.2) is 36.9 Å². The third kappa shape index (κ3) is 4.29. The summed E-state index contributed by atoms with van der Waals surface area (Å²) < 4.78 is 1.90. The van der Waals surface area contributed by atoms with Crippen LogP contribution in [0.4, 0.5) is 0 Å². The van der Waals surface area contributed by atoms with E-state index in [-0.39, 0.29) is 11.9 Å². The average Bonchev–Trinajstić information content (AvgIpc) is 3.54. The van der Waals surface area contributed by atoms with Gasteiger partial charge in [-0.05, 0) is 73.8 Å². The van der Waals surface area contributed by atoms with Crippen molar-refractivity contribution in [3.8, 4) is 11.1 Å². The Morgan fingerprint density at radius 2 is 1.86 bits per heavy atom. The fraction of sp³-hybridized carbons (Fsp3) is 0.400. The van der Waals surface area contributed by atoms with E-state index in [1.807, 2.05) is 39.7 Å². The van der Waals surface area contributed by atoms with Gasteiger partial charge in [-0.25, -0.2) is 9.50 Å². The molecule has 3 atom stereocenters. The second-order valence-electron chi connectivity index (χ2n) is 10.6. The summed E-state index contributed by atoms with van der Waals surface area (Å²) in [7, 11) is 0. The summed E-state index contributed by atoms with van der Waals surface area (Å²) in [6, 6.07) is 16.0. The number of pyridine rings is 1. The second-order valence-corrected chi connectivity index (χ2v) is 10.6. The Morgan fingerprint density at radius 3 is 2.67 bits per heavy atom. The van der Waals surface area contributed by atoms with E-state index in [4.69, 9.17) is 10.1 Å². The minimum Gasteiger partial charge on any atom is -0.329 e. The van der Waals surface area contributed by atoms with Gasteiger partial charge in [0.2, 0.25) is 0 Å². The quantitative estimate of drug-likeness (QED) is 0.341. The number of fused-ring (bicyclic) bond motifs is 1. The smallest absolute Gasteiger partial charge is 0.273 e. The van der Waals surface area contributed by atoms with Crippen LogP contribution in [0, 0.1) is 12.8 Å². The number of piperidine rings is 1. The number of carbonyl (C=O) groups excluding carboxylic acids is 1. The summed E-state index contributed by atoms with van der Waals surface area (Å²) in [6.45, 7) is 5.20. The van der Waals surface area contributed by atoms with Gasteiger partial charge in [0.25, 0.3) is 5.91 Å². The minimum absolute atomic E-state index is 0.0284. The van der Waals surface area contributed by atoms with Crippen LogP contribution in [0.5, 0.6) is 0 Å². The number of aromatic nitrogens is 4. The third-order valence-corrected chi connectivity index (χ3v) is 7.96.